The number of aryl methyl sites for hydroxylation is 3. The van der Waals surface area contributed by atoms with Crippen LogP contribution in [0.3, 0.4) is 0 Å². The molecule has 0 saturated carbocycles. The number of furan rings is 1. The number of hydrogen-bond donors (Lipinski definition) is 2. The van der Waals surface area contributed by atoms with Gasteiger partial charge in [0.05, 0.1) is 16.6 Å². The summed E-state index contributed by atoms with van der Waals surface area (Å²) in [7, 11) is 0. The number of anilines is 1. The molecule has 8 heteroatoms. The van der Waals surface area contributed by atoms with Crippen molar-refractivity contribution in [1.82, 2.24) is 15.0 Å². The number of amides is 1. The Morgan fingerprint density at radius 3 is 2.86 bits per heavy atom. The molecule has 0 unspecified atom stereocenters. The average Bonchev–Trinajstić information content (AvgIpc) is 3.27. The van der Waals surface area contributed by atoms with Crippen LogP contribution in [-0.4, -0.2) is 20.9 Å². The number of H-pyrrole nitrogens is 1. The summed E-state index contributed by atoms with van der Waals surface area (Å²) in [5, 5.41) is 5.85. The number of fused-ring (bicyclic) bond motifs is 1. The average molecular weight is 408 g/mol. The Balaban J connectivity index is 1.34. The lowest BCUT2D eigenvalue weighted by Crippen LogP contribution is -2.14. The SMILES string of the molecule is Cc1cc(-c2csc(NC(=O)CCCc3nc4ccccc4c(=O)[nH]3)n2)c(C)o1. The Hall–Kier alpha value is -3.26. The molecule has 3 aromatic heterocycles. The lowest BCUT2D eigenvalue weighted by molar-refractivity contribution is -0.116. The number of aromatic nitrogens is 3. The van der Waals surface area contributed by atoms with E-state index >= 15 is 0 Å². The number of thiazole rings is 1. The van der Waals surface area contributed by atoms with E-state index in [0.29, 0.717) is 41.1 Å². The molecule has 148 valence electrons. The van der Waals surface area contributed by atoms with Crippen LogP contribution in [0.5, 0.6) is 0 Å². The number of rotatable bonds is 6. The minimum atomic E-state index is -0.157. The monoisotopic (exact) mass is 408 g/mol. The number of nitrogens with zero attached hydrogens (tertiary/aromatic N) is 2. The summed E-state index contributed by atoms with van der Waals surface area (Å²) in [6.07, 6.45) is 1.41. The van der Waals surface area contributed by atoms with Gasteiger partial charge in [-0.25, -0.2) is 9.97 Å². The van der Waals surface area contributed by atoms with Crippen LogP contribution in [0.15, 0.2) is 44.9 Å². The van der Waals surface area contributed by atoms with Crippen LogP contribution in [0, 0.1) is 13.8 Å². The minimum Gasteiger partial charge on any atom is -0.466 e. The lowest BCUT2D eigenvalue weighted by atomic mass is 10.2. The fraction of sp³-hybridized carbons (Fsp3) is 0.238. The number of benzene rings is 1. The van der Waals surface area contributed by atoms with Crippen LogP contribution in [0.1, 0.15) is 30.2 Å². The number of aromatic amines is 1. The number of carbonyl (C=O) groups is 1. The molecule has 0 spiro atoms. The number of nitrogens with one attached hydrogen (secondary N) is 2. The van der Waals surface area contributed by atoms with Gasteiger partial charge in [0.1, 0.15) is 17.3 Å². The molecule has 4 aromatic rings. The maximum Gasteiger partial charge on any atom is 0.258 e. The van der Waals surface area contributed by atoms with Gasteiger partial charge in [0.25, 0.3) is 5.56 Å². The molecule has 2 N–H and O–H groups in total. The largest absolute Gasteiger partial charge is 0.466 e. The second-order valence-electron chi connectivity index (χ2n) is 6.80. The summed E-state index contributed by atoms with van der Waals surface area (Å²) < 4.78 is 5.54. The Kier molecular flexibility index (Phi) is 5.26. The van der Waals surface area contributed by atoms with Gasteiger partial charge in [-0.05, 0) is 38.5 Å². The van der Waals surface area contributed by atoms with Crippen molar-refractivity contribution in [2.24, 2.45) is 0 Å². The first-order chi connectivity index (χ1) is 14.0. The Labute approximate surface area is 170 Å². The summed E-state index contributed by atoms with van der Waals surface area (Å²) in [6, 6.07) is 9.15. The summed E-state index contributed by atoms with van der Waals surface area (Å²) >= 11 is 1.38. The zero-order chi connectivity index (χ0) is 20.4. The third kappa shape index (κ3) is 4.27. The van der Waals surface area contributed by atoms with E-state index in [-0.39, 0.29) is 11.5 Å². The Morgan fingerprint density at radius 1 is 1.24 bits per heavy atom. The molecule has 0 aliphatic heterocycles. The fourth-order valence-corrected chi connectivity index (χ4v) is 3.92. The van der Waals surface area contributed by atoms with Gasteiger partial charge in [-0.15, -0.1) is 11.3 Å². The molecular weight excluding hydrogens is 388 g/mol. The summed E-state index contributed by atoms with van der Waals surface area (Å²) in [5.41, 5.74) is 2.23. The van der Waals surface area contributed by atoms with Crippen molar-refractivity contribution in [3.63, 3.8) is 0 Å². The first-order valence-electron chi connectivity index (χ1n) is 9.30. The first-order valence-corrected chi connectivity index (χ1v) is 10.2. The molecule has 0 atom stereocenters. The number of hydrogen-bond acceptors (Lipinski definition) is 6. The van der Waals surface area contributed by atoms with E-state index in [1.165, 1.54) is 11.3 Å². The topological polar surface area (TPSA) is 101 Å². The van der Waals surface area contributed by atoms with Gasteiger partial charge in [0, 0.05) is 23.8 Å². The number of carbonyl (C=O) groups excluding carboxylic acids is 1. The molecule has 1 amide bonds. The van der Waals surface area contributed by atoms with Crippen molar-refractivity contribution in [1.29, 1.82) is 0 Å². The molecule has 3 heterocycles. The molecular formula is C21H20N4O3S. The van der Waals surface area contributed by atoms with Gasteiger partial charge in [-0.3, -0.25) is 9.59 Å². The van der Waals surface area contributed by atoms with E-state index in [2.05, 4.69) is 20.3 Å². The van der Waals surface area contributed by atoms with Crippen molar-refractivity contribution in [2.75, 3.05) is 5.32 Å². The first kappa shape index (κ1) is 19.1. The summed E-state index contributed by atoms with van der Waals surface area (Å²) in [6.45, 7) is 3.79. The van der Waals surface area contributed by atoms with E-state index < -0.39 is 0 Å². The van der Waals surface area contributed by atoms with Gasteiger partial charge >= 0.3 is 0 Å². The maximum absolute atomic E-state index is 12.2. The third-order valence-electron chi connectivity index (χ3n) is 4.55. The quantitative estimate of drug-likeness (QED) is 0.497. The second-order valence-corrected chi connectivity index (χ2v) is 7.65. The van der Waals surface area contributed by atoms with Crippen molar-refractivity contribution >= 4 is 33.3 Å². The maximum atomic E-state index is 12.2. The van der Waals surface area contributed by atoms with Crippen LogP contribution in [-0.2, 0) is 11.2 Å². The zero-order valence-corrected chi connectivity index (χ0v) is 16.9. The molecule has 7 nitrogen and oxygen atoms in total. The Bertz CT molecular complexity index is 1240. The lowest BCUT2D eigenvalue weighted by Gasteiger charge is -2.03. The van der Waals surface area contributed by atoms with Gasteiger partial charge in [-0.2, -0.15) is 0 Å². The van der Waals surface area contributed by atoms with Gasteiger partial charge < -0.3 is 14.7 Å². The van der Waals surface area contributed by atoms with Gasteiger partial charge in [0.15, 0.2) is 5.13 Å². The number of para-hydroxylation sites is 1. The van der Waals surface area contributed by atoms with Crippen molar-refractivity contribution in [3.05, 3.63) is 63.4 Å². The van der Waals surface area contributed by atoms with Crippen molar-refractivity contribution < 1.29 is 9.21 Å². The molecule has 29 heavy (non-hydrogen) atoms. The molecule has 4 rings (SSSR count). The molecule has 0 bridgehead atoms. The van der Waals surface area contributed by atoms with Crippen LogP contribution < -0.4 is 10.9 Å². The molecule has 1 aromatic carbocycles. The normalized spacial score (nSPS) is 11.1. The van der Waals surface area contributed by atoms with Gasteiger partial charge in [0.2, 0.25) is 5.91 Å². The van der Waals surface area contributed by atoms with E-state index in [4.69, 9.17) is 4.42 Å². The van der Waals surface area contributed by atoms with E-state index in [1.807, 2.05) is 43.5 Å². The minimum absolute atomic E-state index is 0.117. The second kappa shape index (κ2) is 8.00. The van der Waals surface area contributed by atoms with Crippen LogP contribution in [0.4, 0.5) is 5.13 Å². The molecule has 0 radical (unpaired) electrons. The highest BCUT2D eigenvalue weighted by Crippen LogP contribution is 2.29. The van der Waals surface area contributed by atoms with Crippen LogP contribution in [0.2, 0.25) is 0 Å². The van der Waals surface area contributed by atoms with E-state index in [1.54, 1.807) is 6.07 Å². The molecule has 0 aliphatic carbocycles. The molecule has 0 fully saturated rings. The smallest absolute Gasteiger partial charge is 0.258 e. The highest BCUT2D eigenvalue weighted by atomic mass is 32.1. The standard InChI is InChI=1S/C21H20N4O3S/c1-12-10-15(13(2)28-12)17-11-29-21(23-17)25-19(26)9-5-8-18-22-16-7-4-3-6-14(16)20(27)24-18/h3-4,6-7,10-11H,5,8-9H2,1-2H3,(H,22,24,27)(H,23,25,26). The van der Waals surface area contributed by atoms with Crippen molar-refractivity contribution in [2.45, 2.75) is 33.1 Å². The summed E-state index contributed by atoms with van der Waals surface area (Å²) in [5.74, 6) is 2.11. The Morgan fingerprint density at radius 2 is 2.07 bits per heavy atom. The highest BCUT2D eigenvalue weighted by molar-refractivity contribution is 7.14. The van der Waals surface area contributed by atoms with Gasteiger partial charge in [-0.1, -0.05) is 12.1 Å². The van der Waals surface area contributed by atoms with Crippen LogP contribution >= 0.6 is 11.3 Å². The molecule has 0 saturated heterocycles. The summed E-state index contributed by atoms with van der Waals surface area (Å²) in [4.78, 5) is 36.1. The van der Waals surface area contributed by atoms with E-state index in [9.17, 15) is 9.59 Å². The third-order valence-corrected chi connectivity index (χ3v) is 5.30. The fourth-order valence-electron chi connectivity index (χ4n) is 3.19. The van der Waals surface area contributed by atoms with E-state index in [0.717, 1.165) is 22.8 Å². The van der Waals surface area contributed by atoms with Crippen LogP contribution in [0.25, 0.3) is 22.2 Å². The zero-order valence-electron chi connectivity index (χ0n) is 16.1. The molecule has 0 aliphatic rings. The predicted octanol–water partition coefficient (Wildman–Crippen LogP) is 4.22. The predicted molar refractivity (Wildman–Crippen MR) is 113 cm³/mol. The van der Waals surface area contributed by atoms with Crippen molar-refractivity contribution in [3.8, 4) is 11.3 Å². The highest BCUT2D eigenvalue weighted by Gasteiger charge is 2.13.